The number of nitrogens with zero attached hydrogens (tertiary/aromatic N) is 3. The molecule has 4 aromatic rings. The molecule has 0 spiro atoms. The molecule has 1 amide bonds. The van der Waals surface area contributed by atoms with Crippen LogP contribution in [0.2, 0.25) is 0 Å². The molecule has 1 aliphatic rings. The van der Waals surface area contributed by atoms with Crippen LogP contribution < -0.4 is 14.4 Å². The Kier molecular flexibility index (Phi) is 6.06. The molecule has 0 saturated carbocycles. The molecule has 1 N–H and O–H groups in total. The number of carbonyl (C=O) groups is 2. The van der Waals surface area contributed by atoms with Crippen LogP contribution in [0.5, 0.6) is 11.5 Å². The molecule has 5 rings (SSSR count). The van der Waals surface area contributed by atoms with Crippen molar-refractivity contribution in [3.63, 3.8) is 0 Å². The SMILES string of the molecule is COc1cccc(/C(O)=C2\C(=O)C(=O)N(c3nc4ccc(OC)cc4s3)C2c2ccc([N+](=O)[O-])cc2)c1. The summed E-state index contributed by atoms with van der Waals surface area (Å²) in [5, 5.41) is 22.7. The van der Waals surface area contributed by atoms with Gasteiger partial charge in [0.1, 0.15) is 17.3 Å². The number of carbonyl (C=O) groups excluding carboxylic acids is 2. The molecule has 10 nitrogen and oxygen atoms in total. The molecule has 0 radical (unpaired) electrons. The van der Waals surface area contributed by atoms with Gasteiger partial charge in [0.25, 0.3) is 11.5 Å². The highest BCUT2D eigenvalue weighted by molar-refractivity contribution is 7.22. The number of aromatic nitrogens is 1. The summed E-state index contributed by atoms with van der Waals surface area (Å²) >= 11 is 1.18. The average molecular weight is 518 g/mol. The summed E-state index contributed by atoms with van der Waals surface area (Å²) in [6.45, 7) is 0. The Morgan fingerprint density at radius 2 is 1.73 bits per heavy atom. The fourth-order valence-corrected chi connectivity index (χ4v) is 5.19. The van der Waals surface area contributed by atoms with E-state index in [9.17, 15) is 24.8 Å². The van der Waals surface area contributed by atoms with Gasteiger partial charge < -0.3 is 14.6 Å². The van der Waals surface area contributed by atoms with Gasteiger partial charge in [0.2, 0.25) is 0 Å². The monoisotopic (exact) mass is 517 g/mol. The first kappa shape index (κ1) is 23.9. The van der Waals surface area contributed by atoms with Gasteiger partial charge in [0, 0.05) is 17.7 Å². The predicted octanol–water partition coefficient (Wildman–Crippen LogP) is 4.85. The Morgan fingerprint density at radius 1 is 1.03 bits per heavy atom. The van der Waals surface area contributed by atoms with E-state index in [0.29, 0.717) is 22.6 Å². The molecule has 1 atom stereocenters. The summed E-state index contributed by atoms with van der Waals surface area (Å²) in [7, 11) is 3.01. The number of anilines is 1. The molecule has 3 aromatic carbocycles. The summed E-state index contributed by atoms with van der Waals surface area (Å²) in [4.78, 5) is 43.1. The zero-order valence-corrected chi connectivity index (χ0v) is 20.4. The molecule has 2 heterocycles. The molecule has 0 aliphatic carbocycles. The lowest BCUT2D eigenvalue weighted by atomic mass is 9.95. The third-order valence-corrected chi connectivity index (χ3v) is 7.02. The Morgan fingerprint density at radius 3 is 2.41 bits per heavy atom. The molecule has 37 heavy (non-hydrogen) atoms. The van der Waals surface area contributed by atoms with E-state index in [4.69, 9.17) is 9.47 Å². The smallest absolute Gasteiger partial charge is 0.301 e. The number of aliphatic hydroxyl groups excluding tert-OH is 1. The van der Waals surface area contributed by atoms with E-state index in [1.165, 1.54) is 54.7 Å². The third-order valence-electron chi connectivity index (χ3n) is 6.00. The number of ketones is 1. The topological polar surface area (TPSA) is 132 Å². The minimum Gasteiger partial charge on any atom is -0.507 e. The van der Waals surface area contributed by atoms with Crippen molar-refractivity contribution in [1.82, 2.24) is 4.98 Å². The van der Waals surface area contributed by atoms with Crippen molar-refractivity contribution in [2.24, 2.45) is 0 Å². The number of nitro groups is 1. The zero-order valence-electron chi connectivity index (χ0n) is 19.6. The number of amides is 1. The van der Waals surface area contributed by atoms with Crippen LogP contribution in [-0.2, 0) is 9.59 Å². The number of methoxy groups -OCH3 is 2. The minimum absolute atomic E-state index is 0.152. The van der Waals surface area contributed by atoms with Crippen LogP contribution in [-0.4, -0.2) is 40.9 Å². The largest absolute Gasteiger partial charge is 0.507 e. The standard InChI is InChI=1S/C26H19N3O7S/c1-35-17-5-3-4-15(12-17)23(30)21-22(14-6-8-16(9-7-14)29(33)34)28(25(32)24(21)31)26-27-19-11-10-18(36-2)13-20(19)37-26/h3-13,22,30H,1-2H3/b23-21+. The van der Waals surface area contributed by atoms with Crippen LogP contribution in [0.4, 0.5) is 10.8 Å². The number of Topliss-reactive ketones (excluding diaryl/α,β-unsaturated/α-hetero) is 1. The van der Waals surface area contributed by atoms with Gasteiger partial charge in [0.15, 0.2) is 5.13 Å². The number of ether oxygens (including phenoxy) is 2. The summed E-state index contributed by atoms with van der Waals surface area (Å²) in [6, 6.07) is 16.1. The van der Waals surface area contributed by atoms with Crippen molar-refractivity contribution in [2.75, 3.05) is 19.1 Å². The number of hydrogen-bond donors (Lipinski definition) is 1. The third kappa shape index (κ3) is 4.15. The highest BCUT2D eigenvalue weighted by Gasteiger charge is 2.48. The normalized spacial score (nSPS) is 16.8. The van der Waals surface area contributed by atoms with Crippen molar-refractivity contribution in [2.45, 2.75) is 6.04 Å². The first-order valence-corrected chi connectivity index (χ1v) is 11.8. The zero-order chi connectivity index (χ0) is 26.3. The summed E-state index contributed by atoms with van der Waals surface area (Å²) in [6.07, 6.45) is 0. The van der Waals surface area contributed by atoms with Crippen molar-refractivity contribution >= 4 is 49.8 Å². The van der Waals surface area contributed by atoms with Gasteiger partial charge in [-0.05, 0) is 48.0 Å². The number of nitro benzene ring substituents is 1. The van der Waals surface area contributed by atoms with Gasteiger partial charge in [-0.25, -0.2) is 4.98 Å². The van der Waals surface area contributed by atoms with Gasteiger partial charge in [-0.2, -0.15) is 0 Å². The van der Waals surface area contributed by atoms with E-state index in [0.717, 1.165) is 4.70 Å². The Hall–Kier alpha value is -4.77. The summed E-state index contributed by atoms with van der Waals surface area (Å²) < 4.78 is 11.2. The molecular weight excluding hydrogens is 498 g/mol. The summed E-state index contributed by atoms with van der Waals surface area (Å²) in [5.41, 5.74) is 0.951. The van der Waals surface area contributed by atoms with E-state index in [1.54, 1.807) is 42.5 Å². The van der Waals surface area contributed by atoms with Crippen LogP contribution in [0, 0.1) is 10.1 Å². The quantitative estimate of drug-likeness (QED) is 0.126. The van der Waals surface area contributed by atoms with E-state index < -0.39 is 28.4 Å². The number of hydrogen-bond acceptors (Lipinski definition) is 9. The van der Waals surface area contributed by atoms with E-state index in [-0.39, 0.29) is 22.0 Å². The van der Waals surface area contributed by atoms with E-state index in [2.05, 4.69) is 4.98 Å². The lowest BCUT2D eigenvalue weighted by molar-refractivity contribution is -0.384. The Labute approximate surface area is 214 Å². The second-order valence-electron chi connectivity index (χ2n) is 8.08. The molecule has 1 unspecified atom stereocenters. The number of thiazole rings is 1. The molecule has 1 saturated heterocycles. The second kappa shape index (κ2) is 9.36. The van der Waals surface area contributed by atoms with Crippen molar-refractivity contribution in [1.29, 1.82) is 0 Å². The van der Waals surface area contributed by atoms with Crippen LogP contribution in [0.25, 0.3) is 16.0 Å². The highest BCUT2D eigenvalue weighted by atomic mass is 32.1. The van der Waals surface area contributed by atoms with Crippen molar-refractivity contribution in [3.8, 4) is 11.5 Å². The summed E-state index contributed by atoms with van der Waals surface area (Å²) in [5.74, 6) is -1.12. The van der Waals surface area contributed by atoms with Crippen molar-refractivity contribution in [3.05, 3.63) is 93.5 Å². The molecule has 1 aliphatic heterocycles. The second-order valence-corrected chi connectivity index (χ2v) is 9.09. The number of aliphatic hydroxyl groups is 1. The molecule has 0 bridgehead atoms. The van der Waals surface area contributed by atoms with Gasteiger partial charge >= 0.3 is 5.91 Å². The highest BCUT2D eigenvalue weighted by Crippen LogP contribution is 2.45. The maximum absolute atomic E-state index is 13.4. The number of fused-ring (bicyclic) bond motifs is 1. The van der Waals surface area contributed by atoms with Gasteiger partial charge in [-0.3, -0.25) is 24.6 Å². The maximum Gasteiger partial charge on any atom is 0.301 e. The van der Waals surface area contributed by atoms with E-state index >= 15 is 0 Å². The van der Waals surface area contributed by atoms with Crippen LogP contribution in [0.1, 0.15) is 17.2 Å². The van der Waals surface area contributed by atoms with Gasteiger partial charge in [-0.15, -0.1) is 0 Å². The van der Waals surface area contributed by atoms with Crippen LogP contribution in [0.3, 0.4) is 0 Å². The average Bonchev–Trinajstić information content (AvgIpc) is 3.45. The van der Waals surface area contributed by atoms with Gasteiger partial charge in [-0.1, -0.05) is 23.5 Å². The van der Waals surface area contributed by atoms with Gasteiger partial charge in [0.05, 0.1) is 41.0 Å². The van der Waals surface area contributed by atoms with E-state index in [1.807, 2.05) is 0 Å². The number of benzene rings is 3. The fourth-order valence-electron chi connectivity index (χ4n) is 4.17. The Bertz CT molecular complexity index is 1590. The molecule has 186 valence electrons. The first-order chi connectivity index (χ1) is 17.8. The van der Waals surface area contributed by atoms with Crippen molar-refractivity contribution < 1.29 is 29.1 Å². The molecule has 1 aromatic heterocycles. The fraction of sp³-hybridized carbons (Fsp3) is 0.115. The molecule has 1 fully saturated rings. The maximum atomic E-state index is 13.4. The Balaban J connectivity index is 1.71. The predicted molar refractivity (Wildman–Crippen MR) is 137 cm³/mol. The van der Waals surface area contributed by atoms with Crippen LogP contribution >= 0.6 is 11.3 Å². The minimum atomic E-state index is -1.07. The lowest BCUT2D eigenvalue weighted by Crippen LogP contribution is -2.29. The lowest BCUT2D eigenvalue weighted by Gasteiger charge is -2.22. The first-order valence-electron chi connectivity index (χ1n) is 11.0. The molecule has 11 heteroatoms. The number of non-ortho nitro benzene ring substituents is 1. The number of rotatable bonds is 6. The molecular formula is C26H19N3O7S. The van der Waals surface area contributed by atoms with Crippen LogP contribution in [0.15, 0.2) is 72.3 Å².